The van der Waals surface area contributed by atoms with Crippen LogP contribution in [0.1, 0.15) is 84.1 Å². The predicted molar refractivity (Wildman–Crippen MR) is 183 cm³/mol. The zero-order chi connectivity index (χ0) is 34.0. The fraction of sp³-hybridized carbons (Fsp3) is 0.595. The van der Waals surface area contributed by atoms with Gasteiger partial charge in [0.25, 0.3) is 0 Å². The van der Waals surface area contributed by atoms with Crippen LogP contribution in [0.3, 0.4) is 0 Å². The van der Waals surface area contributed by atoms with E-state index in [-0.39, 0.29) is 37.3 Å². The number of amides is 3. The van der Waals surface area contributed by atoms with Crippen LogP contribution < -0.4 is 10.2 Å². The highest BCUT2D eigenvalue weighted by Gasteiger charge is 2.33. The van der Waals surface area contributed by atoms with Gasteiger partial charge >= 0.3 is 12.2 Å². The highest BCUT2D eigenvalue weighted by molar-refractivity contribution is 5.93. The number of aliphatic hydroxyl groups is 1. The van der Waals surface area contributed by atoms with Crippen LogP contribution in [0.2, 0.25) is 0 Å². The summed E-state index contributed by atoms with van der Waals surface area (Å²) in [6.45, 7) is 6.32. The van der Waals surface area contributed by atoms with Crippen molar-refractivity contribution in [2.75, 3.05) is 31.7 Å². The average Bonchev–Trinajstić information content (AvgIpc) is 3.04. The topological polar surface area (TPSA) is 129 Å². The molecule has 0 radical (unpaired) electrons. The van der Waals surface area contributed by atoms with E-state index in [1.54, 1.807) is 11.9 Å². The number of carbonyl (C=O) groups excluding carboxylic acids is 2. The number of anilines is 1. The Kier molecular flexibility index (Phi) is 13.1. The summed E-state index contributed by atoms with van der Waals surface area (Å²) in [6.07, 6.45) is 6.19. The molecule has 2 aliphatic carbocycles. The Morgan fingerprint density at radius 2 is 1.62 bits per heavy atom. The van der Waals surface area contributed by atoms with E-state index in [0.717, 1.165) is 48.8 Å². The van der Waals surface area contributed by atoms with Gasteiger partial charge in [-0.05, 0) is 108 Å². The number of nitrogens with one attached hydrogen (secondary N) is 1. The molecule has 3 N–H and O–H groups in total. The molecule has 0 aromatic heterocycles. The molecule has 10 nitrogen and oxygen atoms in total. The largest absolute Gasteiger partial charge is 0.465 e. The molecule has 2 saturated carbocycles. The molecule has 0 unspecified atom stereocenters. The van der Waals surface area contributed by atoms with Gasteiger partial charge < -0.3 is 29.9 Å². The minimum absolute atomic E-state index is 0.0526. The Morgan fingerprint density at radius 1 is 0.936 bits per heavy atom. The van der Waals surface area contributed by atoms with E-state index in [1.807, 2.05) is 69.3 Å². The Morgan fingerprint density at radius 3 is 2.23 bits per heavy atom. The molecule has 3 amide bonds. The third-order valence-corrected chi connectivity index (χ3v) is 9.27. The number of rotatable bonds is 12. The summed E-state index contributed by atoms with van der Waals surface area (Å²) >= 11 is 0. The van der Waals surface area contributed by atoms with Crippen molar-refractivity contribution in [2.24, 2.45) is 5.92 Å². The van der Waals surface area contributed by atoms with Crippen molar-refractivity contribution in [1.82, 2.24) is 10.2 Å². The number of hydrogen-bond acceptors (Lipinski definition) is 6. The lowest BCUT2D eigenvalue weighted by atomic mass is 9.88. The zero-order valence-corrected chi connectivity index (χ0v) is 28.5. The van der Waals surface area contributed by atoms with Gasteiger partial charge in [0.1, 0.15) is 12.2 Å². The van der Waals surface area contributed by atoms with Crippen molar-refractivity contribution in [1.29, 1.82) is 0 Å². The van der Waals surface area contributed by atoms with Crippen molar-refractivity contribution in [2.45, 2.75) is 109 Å². The third-order valence-electron chi connectivity index (χ3n) is 9.27. The Hall–Kier alpha value is -3.63. The van der Waals surface area contributed by atoms with Crippen molar-refractivity contribution < 1.29 is 34.1 Å². The predicted octanol–water partition coefficient (Wildman–Crippen LogP) is 6.63. The lowest BCUT2D eigenvalue weighted by Crippen LogP contribution is -2.47. The number of hydrogen-bond donors (Lipinski definition) is 3. The molecule has 0 spiro atoms. The van der Waals surface area contributed by atoms with Gasteiger partial charge in [-0.3, -0.25) is 9.69 Å². The second kappa shape index (κ2) is 17.0. The Balaban J connectivity index is 1.39. The Labute approximate surface area is 279 Å². The molecule has 10 heteroatoms. The van der Waals surface area contributed by atoms with E-state index in [2.05, 4.69) is 5.32 Å². The number of aliphatic hydroxyl groups excluding tert-OH is 1. The fourth-order valence-electron chi connectivity index (χ4n) is 6.63. The summed E-state index contributed by atoms with van der Waals surface area (Å²) in [5.41, 5.74) is 2.86. The number of carbonyl (C=O) groups is 3. The number of aryl methyl sites for hydroxylation is 1. The van der Waals surface area contributed by atoms with Crippen LogP contribution >= 0.6 is 0 Å². The summed E-state index contributed by atoms with van der Waals surface area (Å²) in [4.78, 5) is 41.1. The lowest BCUT2D eigenvalue weighted by molar-refractivity contribution is -0.137. The second-order valence-corrected chi connectivity index (χ2v) is 14.1. The maximum absolute atomic E-state index is 12.9. The molecule has 2 aliphatic rings. The van der Waals surface area contributed by atoms with Crippen LogP contribution in [0.5, 0.6) is 0 Å². The first-order chi connectivity index (χ1) is 22.4. The van der Waals surface area contributed by atoms with Crippen LogP contribution in [0.4, 0.5) is 15.3 Å². The molecule has 0 bridgehead atoms. The molecule has 0 heterocycles. The molecule has 0 aliphatic heterocycles. The quantitative estimate of drug-likeness (QED) is 0.235. The summed E-state index contributed by atoms with van der Waals surface area (Å²) in [6, 6.07) is 15.5. The molecule has 258 valence electrons. The lowest BCUT2D eigenvalue weighted by Gasteiger charge is -2.36. The maximum Gasteiger partial charge on any atom is 0.412 e. The molecule has 0 atom stereocenters. The molecular weight excluding hydrogens is 598 g/mol. The van der Waals surface area contributed by atoms with Crippen molar-refractivity contribution in [3.8, 4) is 11.1 Å². The van der Waals surface area contributed by atoms with Gasteiger partial charge in [-0.25, -0.2) is 9.59 Å². The molecule has 47 heavy (non-hydrogen) atoms. The van der Waals surface area contributed by atoms with Crippen LogP contribution in [0.15, 0.2) is 48.5 Å². The summed E-state index contributed by atoms with van der Waals surface area (Å²) < 4.78 is 11.3. The minimum atomic E-state index is -1.00. The summed E-state index contributed by atoms with van der Waals surface area (Å²) in [7, 11) is 1.79. The van der Waals surface area contributed by atoms with Crippen LogP contribution in [-0.4, -0.2) is 83.8 Å². The van der Waals surface area contributed by atoms with Gasteiger partial charge in [-0.2, -0.15) is 0 Å². The first-order valence-electron chi connectivity index (χ1n) is 17.1. The van der Waals surface area contributed by atoms with Gasteiger partial charge in [0.05, 0.1) is 11.8 Å². The smallest absolute Gasteiger partial charge is 0.412 e. The van der Waals surface area contributed by atoms with Crippen LogP contribution in [0, 0.1) is 5.92 Å². The molecular formula is C37H53N3O7. The van der Waals surface area contributed by atoms with Crippen molar-refractivity contribution in [3.63, 3.8) is 0 Å². The molecule has 0 saturated heterocycles. The fourth-order valence-corrected chi connectivity index (χ4v) is 6.63. The monoisotopic (exact) mass is 651 g/mol. The second-order valence-electron chi connectivity index (χ2n) is 14.1. The van der Waals surface area contributed by atoms with Gasteiger partial charge in [-0.15, -0.1) is 0 Å². The number of benzene rings is 2. The molecule has 2 fully saturated rings. The highest BCUT2D eigenvalue weighted by atomic mass is 16.6. The normalized spacial score (nSPS) is 21.5. The number of ether oxygens (including phenoxy) is 2. The summed E-state index contributed by atoms with van der Waals surface area (Å²) in [5, 5.41) is 22.8. The van der Waals surface area contributed by atoms with Crippen LogP contribution in [0.25, 0.3) is 11.1 Å². The minimum Gasteiger partial charge on any atom is -0.465 e. The van der Waals surface area contributed by atoms with Gasteiger partial charge in [0.15, 0.2) is 0 Å². The van der Waals surface area contributed by atoms with Crippen LogP contribution in [-0.2, 0) is 20.7 Å². The molecule has 2 aromatic carbocycles. The molecule has 2 aromatic rings. The maximum atomic E-state index is 12.9. The zero-order valence-electron chi connectivity index (χ0n) is 28.5. The first kappa shape index (κ1) is 36.2. The number of alkyl carbamates (subject to hydrolysis) is 1. The van der Waals surface area contributed by atoms with Gasteiger partial charge in [-0.1, -0.05) is 42.5 Å². The number of likely N-dealkylation sites (N-methyl/N-ethyl adjacent to an activating group) is 1. The van der Waals surface area contributed by atoms with Gasteiger partial charge in [0.2, 0.25) is 5.91 Å². The average molecular weight is 652 g/mol. The van der Waals surface area contributed by atoms with E-state index in [1.165, 1.54) is 4.90 Å². The van der Waals surface area contributed by atoms with E-state index in [0.29, 0.717) is 50.3 Å². The van der Waals surface area contributed by atoms with E-state index < -0.39 is 17.8 Å². The molecule has 4 rings (SSSR count). The van der Waals surface area contributed by atoms with E-state index >= 15 is 0 Å². The SMILES string of the molecule is CN(CCCc1ccc(-c2ccccc2)c(N(C(=O)O)C2CCC(NC(=O)OC(C)(C)C)CC2)c1)C(=O)CO[C@H]1CC[C@H](CO)CC1. The van der Waals surface area contributed by atoms with Crippen molar-refractivity contribution >= 4 is 23.8 Å². The standard InChI is InChI=1S/C37H53N3O7/c1-37(2,3)47-35(43)38-29-15-17-30(18-16-29)40(36(44)45)33-23-26(14-21-32(33)28-10-6-5-7-11-28)9-8-22-39(4)34(42)25-46-31-19-12-27(24-41)13-20-31/h5-7,10-11,14,21,23,27,29-31,41H,8-9,12-13,15-20,22,24-25H2,1-4H3,(H,38,43)(H,44,45)/t27-,29?,30?,31-. The van der Waals surface area contributed by atoms with E-state index in [4.69, 9.17) is 9.47 Å². The Bertz CT molecular complexity index is 1310. The number of carboxylic acid groups (broad SMARTS) is 1. The van der Waals surface area contributed by atoms with Crippen molar-refractivity contribution in [3.05, 3.63) is 54.1 Å². The number of nitrogens with zero attached hydrogens (tertiary/aromatic N) is 2. The third kappa shape index (κ3) is 11.0. The highest BCUT2D eigenvalue weighted by Crippen LogP contribution is 2.37. The van der Waals surface area contributed by atoms with Gasteiger partial charge in [0, 0.05) is 37.8 Å². The summed E-state index contributed by atoms with van der Waals surface area (Å²) in [5.74, 6) is 0.296. The first-order valence-corrected chi connectivity index (χ1v) is 17.1. The van der Waals surface area contributed by atoms with E-state index in [9.17, 15) is 24.6 Å².